The summed E-state index contributed by atoms with van der Waals surface area (Å²) in [4.78, 5) is 23.6. The van der Waals surface area contributed by atoms with Gasteiger partial charge in [0.1, 0.15) is 0 Å². The summed E-state index contributed by atoms with van der Waals surface area (Å²) in [7, 11) is 0. The standard InChI is InChI=1S/C12H12N2O3/c15-11-8-14(7-3-6-12(16)17)10-5-2-1-4-9(10)13-11/h1-6H,7-8H2,(H,13,15)(H,16,17). The minimum atomic E-state index is -0.986. The summed E-state index contributed by atoms with van der Waals surface area (Å²) in [5, 5.41) is 11.3. The number of fused-ring (bicyclic) bond motifs is 1. The maximum Gasteiger partial charge on any atom is 0.328 e. The Hall–Kier alpha value is -2.30. The smallest absolute Gasteiger partial charge is 0.328 e. The molecule has 0 saturated carbocycles. The summed E-state index contributed by atoms with van der Waals surface area (Å²) in [6, 6.07) is 7.43. The van der Waals surface area contributed by atoms with E-state index in [0.717, 1.165) is 17.5 Å². The van der Waals surface area contributed by atoms with E-state index >= 15 is 0 Å². The second kappa shape index (κ2) is 4.69. The number of para-hydroxylation sites is 2. The molecular formula is C12H12N2O3. The van der Waals surface area contributed by atoms with E-state index in [9.17, 15) is 9.59 Å². The van der Waals surface area contributed by atoms with Crippen LogP contribution in [0.2, 0.25) is 0 Å². The van der Waals surface area contributed by atoms with Crippen molar-refractivity contribution in [3.63, 3.8) is 0 Å². The summed E-state index contributed by atoms with van der Waals surface area (Å²) < 4.78 is 0. The molecule has 17 heavy (non-hydrogen) atoms. The molecule has 1 aliphatic heterocycles. The fourth-order valence-electron chi connectivity index (χ4n) is 1.75. The third kappa shape index (κ3) is 2.63. The van der Waals surface area contributed by atoms with Crippen LogP contribution in [0.25, 0.3) is 0 Å². The SMILES string of the molecule is O=C(O)C=CCN1CC(=O)Nc2ccccc21. The zero-order chi connectivity index (χ0) is 12.3. The molecule has 0 radical (unpaired) electrons. The number of rotatable bonds is 3. The number of amides is 1. The van der Waals surface area contributed by atoms with E-state index in [4.69, 9.17) is 5.11 Å². The highest BCUT2D eigenvalue weighted by Crippen LogP contribution is 2.28. The first-order valence-corrected chi connectivity index (χ1v) is 5.20. The van der Waals surface area contributed by atoms with Gasteiger partial charge in [0.25, 0.3) is 0 Å². The lowest BCUT2D eigenvalue weighted by Crippen LogP contribution is -2.38. The van der Waals surface area contributed by atoms with Crippen molar-refractivity contribution in [1.82, 2.24) is 0 Å². The van der Waals surface area contributed by atoms with E-state index in [1.165, 1.54) is 6.08 Å². The molecule has 1 aromatic carbocycles. The van der Waals surface area contributed by atoms with Crippen molar-refractivity contribution < 1.29 is 14.7 Å². The molecule has 1 amide bonds. The molecule has 5 nitrogen and oxygen atoms in total. The highest BCUT2D eigenvalue weighted by Gasteiger charge is 2.20. The Morgan fingerprint density at radius 2 is 2.24 bits per heavy atom. The molecule has 0 unspecified atom stereocenters. The second-order valence-corrected chi connectivity index (χ2v) is 3.69. The Labute approximate surface area is 98.4 Å². The lowest BCUT2D eigenvalue weighted by atomic mass is 10.2. The number of anilines is 2. The largest absolute Gasteiger partial charge is 0.478 e. The number of carbonyl (C=O) groups is 2. The van der Waals surface area contributed by atoms with Gasteiger partial charge in [-0.1, -0.05) is 18.2 Å². The van der Waals surface area contributed by atoms with Crippen molar-refractivity contribution in [3.05, 3.63) is 36.4 Å². The first-order chi connectivity index (χ1) is 8.16. The molecule has 1 aliphatic rings. The van der Waals surface area contributed by atoms with Crippen molar-refractivity contribution in [2.75, 3.05) is 23.3 Å². The predicted octanol–water partition coefficient (Wildman–Crippen LogP) is 1.09. The molecule has 0 aliphatic carbocycles. The molecule has 2 rings (SSSR count). The zero-order valence-electron chi connectivity index (χ0n) is 9.09. The van der Waals surface area contributed by atoms with Gasteiger partial charge in [-0.15, -0.1) is 0 Å². The third-order valence-electron chi connectivity index (χ3n) is 2.44. The lowest BCUT2D eigenvalue weighted by Gasteiger charge is -2.29. The van der Waals surface area contributed by atoms with Crippen molar-refractivity contribution in [3.8, 4) is 0 Å². The van der Waals surface area contributed by atoms with Gasteiger partial charge in [-0.25, -0.2) is 4.79 Å². The Balaban J connectivity index is 2.18. The Morgan fingerprint density at radius 3 is 3.00 bits per heavy atom. The third-order valence-corrected chi connectivity index (χ3v) is 2.44. The molecule has 5 heteroatoms. The number of aliphatic carboxylic acids is 1. The monoisotopic (exact) mass is 232 g/mol. The van der Waals surface area contributed by atoms with Crippen LogP contribution in [0.1, 0.15) is 0 Å². The number of carbonyl (C=O) groups excluding carboxylic acids is 1. The van der Waals surface area contributed by atoms with Crippen LogP contribution in [0.3, 0.4) is 0 Å². The van der Waals surface area contributed by atoms with Crippen LogP contribution < -0.4 is 10.2 Å². The molecule has 1 heterocycles. The highest BCUT2D eigenvalue weighted by molar-refractivity contribution is 6.01. The van der Waals surface area contributed by atoms with Crippen LogP contribution in [-0.2, 0) is 9.59 Å². The summed E-state index contributed by atoms with van der Waals surface area (Å²) in [6.07, 6.45) is 2.60. The van der Waals surface area contributed by atoms with Crippen LogP contribution in [0, 0.1) is 0 Å². The van der Waals surface area contributed by atoms with Gasteiger partial charge in [-0.05, 0) is 12.1 Å². The molecule has 0 saturated heterocycles. The number of hydrogen-bond donors (Lipinski definition) is 2. The Bertz CT molecular complexity index is 482. The maximum absolute atomic E-state index is 11.4. The molecule has 0 bridgehead atoms. The normalized spacial score (nSPS) is 14.6. The van der Waals surface area contributed by atoms with Gasteiger partial charge in [0.2, 0.25) is 5.91 Å². The minimum Gasteiger partial charge on any atom is -0.478 e. The van der Waals surface area contributed by atoms with E-state index in [2.05, 4.69) is 5.32 Å². The molecule has 88 valence electrons. The number of nitrogens with one attached hydrogen (secondary N) is 1. The minimum absolute atomic E-state index is 0.0903. The highest BCUT2D eigenvalue weighted by atomic mass is 16.4. The number of carboxylic acid groups (broad SMARTS) is 1. The van der Waals surface area contributed by atoms with Crippen LogP contribution in [-0.4, -0.2) is 30.1 Å². The second-order valence-electron chi connectivity index (χ2n) is 3.69. The van der Waals surface area contributed by atoms with Gasteiger partial charge in [0.15, 0.2) is 0 Å². The van der Waals surface area contributed by atoms with Crippen LogP contribution >= 0.6 is 0 Å². The summed E-state index contributed by atoms with van der Waals surface area (Å²) in [6.45, 7) is 0.637. The van der Waals surface area contributed by atoms with Crippen molar-refractivity contribution >= 4 is 23.3 Å². The van der Waals surface area contributed by atoms with E-state index in [1.54, 1.807) is 0 Å². The fourth-order valence-corrected chi connectivity index (χ4v) is 1.75. The molecule has 0 aromatic heterocycles. The molecule has 2 N–H and O–H groups in total. The van der Waals surface area contributed by atoms with E-state index in [1.807, 2.05) is 29.2 Å². The van der Waals surface area contributed by atoms with Gasteiger partial charge < -0.3 is 15.3 Å². The quantitative estimate of drug-likeness (QED) is 0.765. The van der Waals surface area contributed by atoms with Crippen molar-refractivity contribution in [2.45, 2.75) is 0 Å². The number of carboxylic acids is 1. The molecule has 0 fully saturated rings. The fraction of sp³-hybridized carbons (Fsp3) is 0.167. The first kappa shape index (κ1) is 11.2. The zero-order valence-corrected chi connectivity index (χ0v) is 9.09. The van der Waals surface area contributed by atoms with E-state index in [-0.39, 0.29) is 12.5 Å². The molecular weight excluding hydrogens is 220 g/mol. The van der Waals surface area contributed by atoms with Crippen molar-refractivity contribution in [1.29, 1.82) is 0 Å². The maximum atomic E-state index is 11.4. The Morgan fingerprint density at radius 1 is 1.47 bits per heavy atom. The summed E-state index contributed by atoms with van der Waals surface area (Å²) >= 11 is 0. The van der Waals surface area contributed by atoms with Gasteiger partial charge >= 0.3 is 5.97 Å². The van der Waals surface area contributed by atoms with Crippen molar-refractivity contribution in [2.24, 2.45) is 0 Å². The van der Waals surface area contributed by atoms with Crippen LogP contribution in [0.4, 0.5) is 11.4 Å². The molecule has 0 atom stereocenters. The molecule has 0 spiro atoms. The van der Waals surface area contributed by atoms with Gasteiger partial charge in [-0.2, -0.15) is 0 Å². The van der Waals surface area contributed by atoms with Gasteiger partial charge in [0, 0.05) is 12.6 Å². The van der Waals surface area contributed by atoms with Gasteiger partial charge in [-0.3, -0.25) is 4.79 Å². The lowest BCUT2D eigenvalue weighted by molar-refractivity contribution is -0.131. The molecule has 1 aromatic rings. The average molecular weight is 232 g/mol. The first-order valence-electron chi connectivity index (χ1n) is 5.20. The number of benzene rings is 1. The van der Waals surface area contributed by atoms with Crippen LogP contribution in [0.5, 0.6) is 0 Å². The van der Waals surface area contributed by atoms with Crippen LogP contribution in [0.15, 0.2) is 36.4 Å². The van der Waals surface area contributed by atoms with E-state index < -0.39 is 5.97 Å². The number of hydrogen-bond acceptors (Lipinski definition) is 3. The summed E-state index contributed by atoms with van der Waals surface area (Å²) in [5.74, 6) is -1.08. The topological polar surface area (TPSA) is 69.6 Å². The average Bonchev–Trinajstić information content (AvgIpc) is 2.28. The van der Waals surface area contributed by atoms with E-state index in [0.29, 0.717) is 6.54 Å². The summed E-state index contributed by atoms with van der Waals surface area (Å²) in [5.41, 5.74) is 1.66. The number of nitrogens with zero attached hydrogens (tertiary/aromatic N) is 1. The van der Waals surface area contributed by atoms with Gasteiger partial charge in [0.05, 0.1) is 17.9 Å². The predicted molar refractivity (Wildman–Crippen MR) is 64.1 cm³/mol. The Kier molecular flexibility index (Phi) is 3.09.